The number of fused-ring (bicyclic) bond motifs is 1. The van der Waals surface area contributed by atoms with Gasteiger partial charge in [-0.2, -0.15) is 5.10 Å². The summed E-state index contributed by atoms with van der Waals surface area (Å²) in [6.45, 7) is 3.48. The molecule has 1 aromatic carbocycles. The lowest BCUT2D eigenvalue weighted by atomic mass is 9.88. The van der Waals surface area contributed by atoms with E-state index in [-0.39, 0.29) is 12.0 Å². The smallest absolute Gasteiger partial charge is 0.247 e. The first kappa shape index (κ1) is 16.3. The average molecular weight is 338 g/mol. The van der Waals surface area contributed by atoms with Gasteiger partial charge in [-0.05, 0) is 12.1 Å². The first-order valence-electron chi connectivity index (χ1n) is 7.39. The second kappa shape index (κ2) is 6.52. The van der Waals surface area contributed by atoms with Crippen LogP contribution in [-0.2, 0) is 20.8 Å². The number of ketones is 2. The van der Waals surface area contributed by atoms with Crippen molar-refractivity contribution in [2.45, 2.75) is 6.42 Å². The summed E-state index contributed by atoms with van der Waals surface area (Å²) >= 11 is 0. The molecular formula is C17H14N4O4. The molecule has 0 aliphatic heterocycles. The Morgan fingerprint density at radius 3 is 2.92 bits per heavy atom. The van der Waals surface area contributed by atoms with Gasteiger partial charge in [0.15, 0.2) is 11.5 Å². The van der Waals surface area contributed by atoms with Crippen molar-refractivity contribution in [1.82, 2.24) is 15.4 Å². The number of aromatic nitrogens is 2. The molecular weight excluding hydrogens is 324 g/mol. The molecule has 1 heterocycles. The number of H-pyrrole nitrogens is 1. The van der Waals surface area contributed by atoms with E-state index in [4.69, 9.17) is 0 Å². The standard InChI is InChI=1S/C17H14N4O4/c1-9-10(13(22)6-14(23)17(9)25)8-18-21-16(24)7-15-19-11-4-2-3-5-12(11)20-15/h2-6,8,10,23H,1,7H2,(H,19,20)(H,21,24). The number of aliphatic hydroxyl groups excluding tert-OH is 1. The zero-order valence-corrected chi connectivity index (χ0v) is 13.0. The van der Waals surface area contributed by atoms with Gasteiger partial charge in [0.25, 0.3) is 0 Å². The average Bonchev–Trinajstić information content (AvgIpc) is 2.98. The van der Waals surface area contributed by atoms with Crippen LogP contribution >= 0.6 is 0 Å². The van der Waals surface area contributed by atoms with Crippen LogP contribution in [0.4, 0.5) is 0 Å². The van der Waals surface area contributed by atoms with Gasteiger partial charge in [0, 0.05) is 17.9 Å². The first-order chi connectivity index (χ1) is 12.0. The number of hydrogen-bond acceptors (Lipinski definition) is 6. The van der Waals surface area contributed by atoms with Gasteiger partial charge in [0.05, 0.1) is 23.4 Å². The monoisotopic (exact) mass is 338 g/mol. The molecule has 3 N–H and O–H groups in total. The molecule has 1 aliphatic rings. The lowest BCUT2D eigenvalue weighted by Gasteiger charge is -2.15. The molecule has 1 aliphatic carbocycles. The van der Waals surface area contributed by atoms with Gasteiger partial charge >= 0.3 is 0 Å². The van der Waals surface area contributed by atoms with Crippen molar-refractivity contribution in [2.75, 3.05) is 0 Å². The number of hydrazone groups is 1. The summed E-state index contributed by atoms with van der Waals surface area (Å²) in [6.07, 6.45) is 1.91. The number of para-hydroxylation sites is 2. The van der Waals surface area contributed by atoms with Crippen molar-refractivity contribution in [3.05, 3.63) is 54.1 Å². The summed E-state index contributed by atoms with van der Waals surface area (Å²) in [4.78, 5) is 42.5. The summed E-state index contributed by atoms with van der Waals surface area (Å²) in [7, 11) is 0. The van der Waals surface area contributed by atoms with E-state index in [1.165, 1.54) is 0 Å². The third-order valence-corrected chi connectivity index (χ3v) is 3.66. The van der Waals surface area contributed by atoms with E-state index in [1.807, 2.05) is 24.3 Å². The molecule has 1 amide bonds. The maximum Gasteiger partial charge on any atom is 0.247 e. The molecule has 1 atom stereocenters. The fourth-order valence-electron chi connectivity index (χ4n) is 2.40. The van der Waals surface area contributed by atoms with E-state index in [0.29, 0.717) is 5.82 Å². The molecule has 2 aromatic rings. The topological polar surface area (TPSA) is 125 Å². The maximum absolute atomic E-state index is 11.9. The summed E-state index contributed by atoms with van der Waals surface area (Å²) in [6, 6.07) is 7.38. The SMILES string of the molecule is C=C1C(=O)C(O)=CC(=O)C1C=NNC(=O)Cc1nc2ccccc2[nH]1. The van der Waals surface area contributed by atoms with Crippen LogP contribution < -0.4 is 5.43 Å². The summed E-state index contributed by atoms with van der Waals surface area (Å²) in [5.41, 5.74) is 3.75. The molecule has 0 bridgehead atoms. The van der Waals surface area contributed by atoms with Gasteiger partial charge in [-0.3, -0.25) is 14.4 Å². The molecule has 126 valence electrons. The lowest BCUT2D eigenvalue weighted by molar-refractivity contribution is -0.121. The fraction of sp³-hybridized carbons (Fsp3) is 0.118. The van der Waals surface area contributed by atoms with E-state index in [2.05, 4.69) is 27.1 Å². The minimum atomic E-state index is -1.00. The largest absolute Gasteiger partial charge is 0.504 e. The highest BCUT2D eigenvalue weighted by atomic mass is 16.3. The Morgan fingerprint density at radius 1 is 1.40 bits per heavy atom. The van der Waals surface area contributed by atoms with Crippen molar-refractivity contribution in [3.8, 4) is 0 Å². The van der Waals surface area contributed by atoms with Crippen molar-refractivity contribution in [1.29, 1.82) is 0 Å². The van der Waals surface area contributed by atoms with Crippen LogP contribution in [0.5, 0.6) is 0 Å². The number of aromatic amines is 1. The van der Waals surface area contributed by atoms with Crippen molar-refractivity contribution in [2.24, 2.45) is 11.0 Å². The molecule has 0 spiro atoms. The zero-order valence-electron chi connectivity index (χ0n) is 13.0. The van der Waals surface area contributed by atoms with Gasteiger partial charge in [-0.15, -0.1) is 0 Å². The molecule has 1 unspecified atom stereocenters. The highest BCUT2D eigenvalue weighted by Crippen LogP contribution is 2.19. The second-order valence-corrected chi connectivity index (χ2v) is 5.45. The van der Waals surface area contributed by atoms with E-state index in [0.717, 1.165) is 23.3 Å². The van der Waals surface area contributed by atoms with Crippen LogP contribution in [0.15, 0.2) is 53.4 Å². The predicted molar refractivity (Wildman–Crippen MR) is 89.8 cm³/mol. The van der Waals surface area contributed by atoms with Gasteiger partial charge in [0.2, 0.25) is 11.7 Å². The van der Waals surface area contributed by atoms with Crippen molar-refractivity contribution < 1.29 is 19.5 Å². The maximum atomic E-state index is 11.9. The number of aliphatic hydroxyl groups is 1. The molecule has 3 rings (SSSR count). The molecule has 0 radical (unpaired) electrons. The van der Waals surface area contributed by atoms with Crippen LogP contribution in [0.1, 0.15) is 5.82 Å². The summed E-state index contributed by atoms with van der Waals surface area (Å²) in [5, 5.41) is 13.0. The van der Waals surface area contributed by atoms with Crippen molar-refractivity contribution in [3.63, 3.8) is 0 Å². The number of carbonyl (C=O) groups is 3. The number of carbonyl (C=O) groups excluding carboxylic acids is 3. The Labute approximate surface area is 142 Å². The first-order valence-corrected chi connectivity index (χ1v) is 7.39. The normalized spacial score (nSPS) is 18.0. The minimum absolute atomic E-state index is 0.0226. The highest BCUT2D eigenvalue weighted by Gasteiger charge is 2.31. The molecule has 0 saturated heterocycles. The zero-order chi connectivity index (χ0) is 18.0. The van der Waals surface area contributed by atoms with Gasteiger partial charge in [0.1, 0.15) is 5.82 Å². The number of amides is 1. The molecule has 25 heavy (non-hydrogen) atoms. The van der Waals surface area contributed by atoms with Crippen molar-refractivity contribution >= 4 is 34.7 Å². The fourth-order valence-corrected chi connectivity index (χ4v) is 2.40. The Balaban J connectivity index is 1.62. The van der Waals surface area contributed by atoms with E-state index < -0.39 is 29.2 Å². The number of allylic oxidation sites excluding steroid dienone is 2. The third-order valence-electron chi connectivity index (χ3n) is 3.66. The number of nitrogens with one attached hydrogen (secondary N) is 2. The Kier molecular flexibility index (Phi) is 4.25. The van der Waals surface area contributed by atoms with Crippen LogP contribution in [0.25, 0.3) is 11.0 Å². The second-order valence-electron chi connectivity index (χ2n) is 5.45. The summed E-state index contributed by atoms with van der Waals surface area (Å²) < 4.78 is 0. The molecule has 1 aromatic heterocycles. The molecule has 0 fully saturated rings. The van der Waals surface area contributed by atoms with Gasteiger partial charge in [-0.25, -0.2) is 10.4 Å². The number of benzene rings is 1. The molecule has 8 heteroatoms. The quantitative estimate of drug-likeness (QED) is 0.435. The van der Waals surface area contributed by atoms with Gasteiger partial charge < -0.3 is 10.1 Å². The number of Topliss-reactive ketones (excluding diaryl/α,β-unsaturated/α-hetero) is 1. The number of rotatable bonds is 4. The lowest BCUT2D eigenvalue weighted by Crippen LogP contribution is -2.29. The summed E-state index contributed by atoms with van der Waals surface area (Å²) in [5.74, 6) is -2.85. The van der Waals surface area contributed by atoms with E-state index in [1.54, 1.807) is 0 Å². The van der Waals surface area contributed by atoms with Gasteiger partial charge in [-0.1, -0.05) is 18.7 Å². The number of nitrogens with zero attached hydrogens (tertiary/aromatic N) is 2. The molecule has 8 nitrogen and oxygen atoms in total. The van der Waals surface area contributed by atoms with E-state index in [9.17, 15) is 19.5 Å². The Bertz CT molecular complexity index is 921. The predicted octanol–water partition coefficient (Wildman–Crippen LogP) is 0.973. The Hall–Kier alpha value is -3.55. The number of hydrogen-bond donors (Lipinski definition) is 3. The van der Waals surface area contributed by atoms with Crippen LogP contribution in [0.3, 0.4) is 0 Å². The van der Waals surface area contributed by atoms with Crippen LogP contribution in [-0.4, -0.2) is 38.8 Å². The highest BCUT2D eigenvalue weighted by molar-refractivity contribution is 6.22. The molecule has 0 saturated carbocycles. The van der Waals surface area contributed by atoms with Crippen LogP contribution in [0, 0.1) is 5.92 Å². The van der Waals surface area contributed by atoms with Crippen LogP contribution in [0.2, 0.25) is 0 Å². The minimum Gasteiger partial charge on any atom is -0.504 e. The van der Waals surface area contributed by atoms with E-state index >= 15 is 0 Å². The number of imidazole rings is 1. The third kappa shape index (κ3) is 3.37. The Morgan fingerprint density at radius 2 is 2.16 bits per heavy atom.